The van der Waals surface area contributed by atoms with Crippen molar-refractivity contribution in [2.75, 3.05) is 19.2 Å². The Morgan fingerprint density at radius 1 is 1.29 bits per heavy atom. The average molecular weight is 234 g/mol. The number of methoxy groups -OCH3 is 2. The molecule has 0 spiro atoms. The van der Waals surface area contributed by atoms with Crippen molar-refractivity contribution in [3.63, 3.8) is 0 Å². The normalized spacial score (nSPS) is 14.9. The minimum Gasteiger partial charge on any atom is -0.497 e. The van der Waals surface area contributed by atoms with Crippen LogP contribution in [0.4, 0.5) is 5.69 Å². The van der Waals surface area contributed by atoms with Crippen LogP contribution >= 0.6 is 0 Å². The van der Waals surface area contributed by atoms with Crippen LogP contribution in [0.1, 0.15) is 13.3 Å². The topological polar surface area (TPSA) is 51.1 Å². The summed E-state index contributed by atoms with van der Waals surface area (Å²) in [6.07, 6.45) is 0.348. The molecule has 5 heteroatoms. The number of nitrogens with zero attached hydrogens (tertiary/aromatic N) is 2. The molecule has 1 amide bonds. The van der Waals surface area contributed by atoms with Crippen molar-refractivity contribution in [1.82, 2.24) is 0 Å². The molecule has 1 aliphatic rings. The van der Waals surface area contributed by atoms with Crippen molar-refractivity contribution in [3.8, 4) is 11.5 Å². The van der Waals surface area contributed by atoms with Gasteiger partial charge in [0.05, 0.1) is 20.6 Å². The predicted octanol–water partition coefficient (Wildman–Crippen LogP) is 1.82. The molecule has 1 aromatic rings. The van der Waals surface area contributed by atoms with Gasteiger partial charge in [0.15, 0.2) is 0 Å². The van der Waals surface area contributed by atoms with Crippen molar-refractivity contribution in [2.45, 2.75) is 13.3 Å². The second-order valence-corrected chi connectivity index (χ2v) is 3.76. The van der Waals surface area contributed by atoms with Gasteiger partial charge >= 0.3 is 0 Å². The first-order chi connectivity index (χ1) is 8.15. The lowest BCUT2D eigenvalue weighted by atomic mass is 10.2. The molecular formula is C12H14N2O3. The summed E-state index contributed by atoms with van der Waals surface area (Å²) in [5, 5.41) is 5.55. The maximum absolute atomic E-state index is 11.8. The molecule has 0 bridgehead atoms. The number of carbonyl (C=O) groups is 1. The highest BCUT2D eigenvalue weighted by Crippen LogP contribution is 2.34. The van der Waals surface area contributed by atoms with Gasteiger partial charge in [0.1, 0.15) is 17.2 Å². The van der Waals surface area contributed by atoms with E-state index in [1.165, 1.54) is 5.01 Å². The number of ether oxygens (including phenoxy) is 2. The first-order valence-electron chi connectivity index (χ1n) is 5.24. The zero-order valence-electron chi connectivity index (χ0n) is 10.1. The summed E-state index contributed by atoms with van der Waals surface area (Å²) in [4.78, 5) is 11.8. The van der Waals surface area contributed by atoms with Gasteiger partial charge in [-0.1, -0.05) is 0 Å². The number of hydrogen-bond acceptors (Lipinski definition) is 4. The third-order valence-electron chi connectivity index (χ3n) is 2.53. The van der Waals surface area contributed by atoms with Crippen LogP contribution in [-0.4, -0.2) is 25.8 Å². The molecule has 2 rings (SSSR count). The summed E-state index contributed by atoms with van der Waals surface area (Å²) in [5.41, 5.74) is 1.40. The summed E-state index contributed by atoms with van der Waals surface area (Å²) in [7, 11) is 3.13. The Hall–Kier alpha value is -2.04. The van der Waals surface area contributed by atoms with E-state index in [4.69, 9.17) is 9.47 Å². The maximum atomic E-state index is 11.8. The highest BCUT2D eigenvalue weighted by atomic mass is 16.5. The number of anilines is 1. The number of benzene rings is 1. The Bertz CT molecular complexity index is 483. The minimum absolute atomic E-state index is 0.0611. The molecule has 0 radical (unpaired) electrons. The van der Waals surface area contributed by atoms with Crippen molar-refractivity contribution < 1.29 is 14.3 Å². The quantitative estimate of drug-likeness (QED) is 0.801. The standard InChI is InChI=1S/C12H14N2O3/c1-8-6-12(15)14(13-8)10-7-9(16-2)4-5-11(10)17-3/h4-5,7H,6H2,1-3H3. The Morgan fingerprint density at radius 2 is 2.06 bits per heavy atom. The zero-order valence-corrected chi connectivity index (χ0v) is 10.1. The molecule has 0 aliphatic carbocycles. The summed E-state index contributed by atoms with van der Waals surface area (Å²) in [6.45, 7) is 1.82. The first kappa shape index (κ1) is 11.4. The Kier molecular flexibility index (Phi) is 2.99. The minimum atomic E-state index is -0.0611. The fourth-order valence-corrected chi connectivity index (χ4v) is 1.71. The molecule has 17 heavy (non-hydrogen) atoms. The van der Waals surface area contributed by atoms with Crippen LogP contribution in [-0.2, 0) is 4.79 Å². The van der Waals surface area contributed by atoms with Gasteiger partial charge in [0, 0.05) is 11.8 Å². The van der Waals surface area contributed by atoms with E-state index in [0.29, 0.717) is 23.6 Å². The second kappa shape index (κ2) is 4.45. The number of amides is 1. The highest BCUT2D eigenvalue weighted by molar-refractivity contribution is 6.12. The Labute approximate surface area is 99.6 Å². The highest BCUT2D eigenvalue weighted by Gasteiger charge is 2.25. The van der Waals surface area contributed by atoms with Crippen LogP contribution < -0.4 is 14.5 Å². The third-order valence-corrected chi connectivity index (χ3v) is 2.53. The molecule has 0 saturated carbocycles. The van der Waals surface area contributed by atoms with E-state index in [9.17, 15) is 4.79 Å². The SMILES string of the molecule is COc1ccc(OC)c(N2N=C(C)CC2=O)c1. The number of hydrazone groups is 1. The van der Waals surface area contributed by atoms with Gasteiger partial charge in [-0.15, -0.1) is 0 Å². The Morgan fingerprint density at radius 3 is 2.59 bits per heavy atom. The van der Waals surface area contributed by atoms with E-state index >= 15 is 0 Å². The van der Waals surface area contributed by atoms with Crippen LogP contribution in [0.15, 0.2) is 23.3 Å². The van der Waals surface area contributed by atoms with E-state index in [1.54, 1.807) is 32.4 Å². The lowest BCUT2D eigenvalue weighted by Gasteiger charge is -2.16. The zero-order chi connectivity index (χ0) is 12.4. The van der Waals surface area contributed by atoms with E-state index < -0.39 is 0 Å². The third kappa shape index (κ3) is 2.08. The summed E-state index contributed by atoms with van der Waals surface area (Å²) in [5.74, 6) is 1.19. The fourth-order valence-electron chi connectivity index (χ4n) is 1.71. The molecule has 1 aromatic carbocycles. The fraction of sp³-hybridized carbons (Fsp3) is 0.333. The molecule has 0 aromatic heterocycles. The second-order valence-electron chi connectivity index (χ2n) is 3.76. The summed E-state index contributed by atoms with van der Waals surface area (Å²) >= 11 is 0. The van der Waals surface area contributed by atoms with E-state index in [-0.39, 0.29) is 5.91 Å². The number of hydrogen-bond donors (Lipinski definition) is 0. The lowest BCUT2D eigenvalue weighted by molar-refractivity contribution is -0.116. The van der Waals surface area contributed by atoms with E-state index in [1.807, 2.05) is 6.92 Å². The molecule has 0 fully saturated rings. The monoisotopic (exact) mass is 234 g/mol. The largest absolute Gasteiger partial charge is 0.497 e. The van der Waals surface area contributed by atoms with Gasteiger partial charge in [0.25, 0.3) is 5.91 Å². The molecular weight excluding hydrogens is 220 g/mol. The van der Waals surface area contributed by atoms with E-state index in [2.05, 4.69) is 5.10 Å². The van der Waals surface area contributed by atoms with Crippen molar-refractivity contribution in [1.29, 1.82) is 0 Å². The van der Waals surface area contributed by atoms with Crippen molar-refractivity contribution >= 4 is 17.3 Å². The predicted molar refractivity (Wildman–Crippen MR) is 64.8 cm³/mol. The van der Waals surface area contributed by atoms with Crippen LogP contribution in [0, 0.1) is 0 Å². The molecule has 0 atom stereocenters. The van der Waals surface area contributed by atoms with E-state index in [0.717, 1.165) is 5.71 Å². The Balaban J connectivity index is 2.45. The van der Waals surface area contributed by atoms with Crippen LogP contribution in [0.2, 0.25) is 0 Å². The van der Waals surface area contributed by atoms with Gasteiger partial charge < -0.3 is 9.47 Å². The number of carbonyl (C=O) groups excluding carboxylic acids is 1. The summed E-state index contributed by atoms with van der Waals surface area (Å²) < 4.78 is 10.4. The molecule has 1 aliphatic heterocycles. The lowest BCUT2D eigenvalue weighted by Crippen LogP contribution is -2.20. The van der Waals surface area contributed by atoms with Crippen LogP contribution in [0.25, 0.3) is 0 Å². The molecule has 0 saturated heterocycles. The van der Waals surface area contributed by atoms with Crippen LogP contribution in [0.5, 0.6) is 11.5 Å². The van der Waals surface area contributed by atoms with Gasteiger partial charge in [-0.3, -0.25) is 4.79 Å². The van der Waals surface area contributed by atoms with Crippen LogP contribution in [0.3, 0.4) is 0 Å². The molecule has 1 heterocycles. The average Bonchev–Trinajstić information content (AvgIpc) is 2.67. The van der Waals surface area contributed by atoms with Crippen molar-refractivity contribution in [2.24, 2.45) is 5.10 Å². The summed E-state index contributed by atoms with van der Waals surface area (Å²) in [6, 6.07) is 5.27. The maximum Gasteiger partial charge on any atom is 0.253 e. The van der Waals surface area contributed by atoms with Gasteiger partial charge in [-0.2, -0.15) is 10.1 Å². The van der Waals surface area contributed by atoms with Crippen molar-refractivity contribution in [3.05, 3.63) is 18.2 Å². The molecule has 0 N–H and O–H groups in total. The molecule has 5 nitrogen and oxygen atoms in total. The smallest absolute Gasteiger partial charge is 0.253 e. The first-order valence-corrected chi connectivity index (χ1v) is 5.24. The van der Waals surface area contributed by atoms with Gasteiger partial charge in [-0.25, -0.2) is 0 Å². The van der Waals surface area contributed by atoms with Gasteiger partial charge in [-0.05, 0) is 19.1 Å². The number of rotatable bonds is 3. The molecule has 90 valence electrons. The van der Waals surface area contributed by atoms with Gasteiger partial charge in [0.2, 0.25) is 0 Å². The molecule has 0 unspecified atom stereocenters.